The van der Waals surface area contributed by atoms with Gasteiger partial charge in [0, 0.05) is 32.5 Å². The lowest BCUT2D eigenvalue weighted by Gasteiger charge is -1.99. The molecule has 0 bridgehead atoms. The monoisotopic (exact) mass is 182 g/mol. The van der Waals surface area contributed by atoms with Crippen molar-refractivity contribution in [1.29, 1.82) is 0 Å². The fourth-order valence-electron chi connectivity index (χ4n) is 1.09. The molecule has 1 rings (SSSR count). The van der Waals surface area contributed by atoms with Gasteiger partial charge in [-0.1, -0.05) is 0 Å². The number of aromatic nitrogens is 1. The smallest absolute Gasteiger partial charge is 0.304 e. The number of nitrogens with one attached hydrogen (secondary N) is 1. The number of nitrogens with zero attached hydrogens (tertiary/aromatic N) is 1. The molecule has 1 aromatic rings. The minimum absolute atomic E-state index is 0.173. The van der Waals surface area contributed by atoms with Gasteiger partial charge in [0.05, 0.1) is 6.42 Å². The predicted molar refractivity (Wildman–Crippen MR) is 49.4 cm³/mol. The van der Waals surface area contributed by atoms with E-state index < -0.39 is 5.97 Å². The van der Waals surface area contributed by atoms with Crippen LogP contribution in [0.25, 0.3) is 0 Å². The van der Waals surface area contributed by atoms with Gasteiger partial charge in [0.1, 0.15) is 0 Å². The first-order valence-corrected chi connectivity index (χ1v) is 4.22. The van der Waals surface area contributed by atoms with Gasteiger partial charge in [-0.2, -0.15) is 0 Å². The highest BCUT2D eigenvalue weighted by Crippen LogP contribution is 1.97. The van der Waals surface area contributed by atoms with E-state index in [2.05, 4.69) is 5.32 Å². The third kappa shape index (κ3) is 3.75. The van der Waals surface area contributed by atoms with Gasteiger partial charge < -0.3 is 15.0 Å². The first-order valence-electron chi connectivity index (χ1n) is 4.22. The molecule has 0 aliphatic heterocycles. The second-order valence-electron chi connectivity index (χ2n) is 3.01. The Morgan fingerprint density at radius 1 is 1.69 bits per heavy atom. The van der Waals surface area contributed by atoms with E-state index in [0.717, 1.165) is 6.54 Å². The van der Waals surface area contributed by atoms with Crippen LogP contribution in [0.5, 0.6) is 0 Å². The SMILES string of the molecule is Cn1ccc(CNCCC(=O)O)c1. The average Bonchev–Trinajstić information content (AvgIpc) is 2.45. The fourth-order valence-corrected chi connectivity index (χ4v) is 1.09. The Morgan fingerprint density at radius 2 is 2.46 bits per heavy atom. The molecule has 72 valence electrons. The van der Waals surface area contributed by atoms with Crippen LogP contribution in [0, 0.1) is 0 Å². The summed E-state index contributed by atoms with van der Waals surface area (Å²) in [4.78, 5) is 10.2. The zero-order valence-electron chi connectivity index (χ0n) is 7.66. The van der Waals surface area contributed by atoms with Crippen LogP contribution < -0.4 is 5.32 Å². The number of hydrogen-bond acceptors (Lipinski definition) is 2. The summed E-state index contributed by atoms with van der Waals surface area (Å²) in [6.45, 7) is 1.25. The van der Waals surface area contributed by atoms with E-state index in [1.165, 1.54) is 5.56 Å². The van der Waals surface area contributed by atoms with E-state index in [4.69, 9.17) is 5.11 Å². The summed E-state index contributed by atoms with van der Waals surface area (Å²) in [6.07, 6.45) is 4.15. The zero-order chi connectivity index (χ0) is 9.68. The highest BCUT2D eigenvalue weighted by molar-refractivity contribution is 5.66. The van der Waals surface area contributed by atoms with E-state index in [9.17, 15) is 4.79 Å². The van der Waals surface area contributed by atoms with Gasteiger partial charge in [-0.3, -0.25) is 4.79 Å². The van der Waals surface area contributed by atoms with Crippen molar-refractivity contribution in [3.05, 3.63) is 24.0 Å². The number of carbonyl (C=O) groups is 1. The summed E-state index contributed by atoms with van der Waals surface area (Å²) < 4.78 is 1.97. The molecule has 4 heteroatoms. The Morgan fingerprint density at radius 3 is 3.00 bits per heavy atom. The van der Waals surface area contributed by atoms with Crippen LogP contribution in [-0.4, -0.2) is 22.2 Å². The molecule has 0 fully saturated rings. The zero-order valence-corrected chi connectivity index (χ0v) is 7.66. The predicted octanol–water partition coefficient (Wildman–Crippen LogP) is 0.589. The maximum absolute atomic E-state index is 10.2. The van der Waals surface area contributed by atoms with Gasteiger partial charge in [-0.05, 0) is 11.6 Å². The average molecular weight is 182 g/mol. The number of aliphatic carboxylic acids is 1. The van der Waals surface area contributed by atoms with E-state index in [1.807, 2.05) is 30.1 Å². The van der Waals surface area contributed by atoms with Crippen molar-refractivity contribution in [3.8, 4) is 0 Å². The van der Waals surface area contributed by atoms with Crippen molar-refractivity contribution in [2.75, 3.05) is 6.54 Å². The fraction of sp³-hybridized carbons (Fsp3) is 0.444. The number of rotatable bonds is 5. The molecule has 0 spiro atoms. The number of hydrogen-bond donors (Lipinski definition) is 2. The van der Waals surface area contributed by atoms with Crippen molar-refractivity contribution in [2.24, 2.45) is 7.05 Å². The molecular formula is C9H14N2O2. The minimum Gasteiger partial charge on any atom is -0.481 e. The third-order valence-corrected chi connectivity index (χ3v) is 1.74. The van der Waals surface area contributed by atoms with Gasteiger partial charge in [-0.25, -0.2) is 0 Å². The third-order valence-electron chi connectivity index (χ3n) is 1.74. The van der Waals surface area contributed by atoms with E-state index in [-0.39, 0.29) is 6.42 Å². The Labute approximate surface area is 77.2 Å². The molecule has 0 aliphatic carbocycles. The molecule has 0 atom stereocenters. The van der Waals surface area contributed by atoms with Crippen molar-refractivity contribution in [1.82, 2.24) is 9.88 Å². The summed E-state index contributed by atoms with van der Waals surface area (Å²) in [7, 11) is 1.96. The lowest BCUT2D eigenvalue weighted by Crippen LogP contribution is -2.17. The van der Waals surface area contributed by atoms with Crippen molar-refractivity contribution >= 4 is 5.97 Å². The van der Waals surface area contributed by atoms with Crippen LogP contribution in [0.4, 0.5) is 0 Å². The van der Waals surface area contributed by atoms with Crippen LogP contribution in [0.1, 0.15) is 12.0 Å². The lowest BCUT2D eigenvalue weighted by atomic mass is 10.3. The lowest BCUT2D eigenvalue weighted by molar-refractivity contribution is -0.136. The van der Waals surface area contributed by atoms with Crippen LogP contribution in [0.2, 0.25) is 0 Å². The van der Waals surface area contributed by atoms with Gasteiger partial charge in [0.2, 0.25) is 0 Å². The molecule has 0 saturated heterocycles. The summed E-state index contributed by atoms with van der Waals surface area (Å²) in [5.74, 6) is -0.763. The highest BCUT2D eigenvalue weighted by atomic mass is 16.4. The van der Waals surface area contributed by atoms with E-state index in [1.54, 1.807) is 0 Å². The van der Waals surface area contributed by atoms with E-state index >= 15 is 0 Å². The molecular weight excluding hydrogens is 168 g/mol. The number of carboxylic acids is 1. The Hall–Kier alpha value is -1.29. The van der Waals surface area contributed by atoms with Crippen molar-refractivity contribution < 1.29 is 9.90 Å². The summed E-state index contributed by atoms with van der Waals surface area (Å²) >= 11 is 0. The van der Waals surface area contributed by atoms with Gasteiger partial charge in [0.15, 0.2) is 0 Å². The molecule has 2 N–H and O–H groups in total. The molecule has 0 saturated carbocycles. The Kier molecular flexibility index (Phi) is 3.52. The quantitative estimate of drug-likeness (QED) is 0.655. The molecule has 0 aliphatic rings. The first kappa shape index (κ1) is 9.80. The van der Waals surface area contributed by atoms with Crippen LogP contribution >= 0.6 is 0 Å². The van der Waals surface area contributed by atoms with Crippen molar-refractivity contribution in [2.45, 2.75) is 13.0 Å². The molecule has 1 aromatic heterocycles. The van der Waals surface area contributed by atoms with Crippen LogP contribution in [-0.2, 0) is 18.4 Å². The van der Waals surface area contributed by atoms with Gasteiger partial charge in [0.25, 0.3) is 0 Å². The largest absolute Gasteiger partial charge is 0.481 e. The Balaban J connectivity index is 2.16. The molecule has 1 heterocycles. The first-order chi connectivity index (χ1) is 6.18. The summed E-state index contributed by atoms with van der Waals surface area (Å²) in [5.41, 5.74) is 1.17. The Bertz CT molecular complexity index is 281. The van der Waals surface area contributed by atoms with Gasteiger partial charge in [-0.15, -0.1) is 0 Å². The maximum atomic E-state index is 10.2. The summed E-state index contributed by atoms with van der Waals surface area (Å²) in [6, 6.07) is 2.01. The van der Waals surface area contributed by atoms with Gasteiger partial charge >= 0.3 is 5.97 Å². The van der Waals surface area contributed by atoms with Crippen LogP contribution in [0.15, 0.2) is 18.5 Å². The molecule has 0 radical (unpaired) electrons. The normalized spacial score (nSPS) is 10.2. The number of aryl methyl sites for hydroxylation is 1. The molecule has 0 aromatic carbocycles. The maximum Gasteiger partial charge on any atom is 0.304 e. The second-order valence-corrected chi connectivity index (χ2v) is 3.01. The molecule has 13 heavy (non-hydrogen) atoms. The highest BCUT2D eigenvalue weighted by Gasteiger charge is 1.96. The summed E-state index contributed by atoms with van der Waals surface area (Å²) in [5, 5.41) is 11.4. The van der Waals surface area contributed by atoms with E-state index in [0.29, 0.717) is 6.54 Å². The topological polar surface area (TPSA) is 54.3 Å². The van der Waals surface area contributed by atoms with Crippen LogP contribution in [0.3, 0.4) is 0 Å². The van der Waals surface area contributed by atoms with Crippen molar-refractivity contribution in [3.63, 3.8) is 0 Å². The second kappa shape index (κ2) is 4.67. The standard InChI is InChI=1S/C9H14N2O2/c1-11-5-3-8(7-11)6-10-4-2-9(12)13/h3,5,7,10H,2,4,6H2,1H3,(H,12,13). The molecule has 4 nitrogen and oxygen atoms in total. The minimum atomic E-state index is -0.763. The molecule has 0 amide bonds. The molecule has 0 unspecified atom stereocenters. The number of carboxylic acid groups (broad SMARTS) is 1.